The van der Waals surface area contributed by atoms with E-state index in [0.29, 0.717) is 30.0 Å². The second-order valence-electron chi connectivity index (χ2n) is 5.27. The Morgan fingerprint density at radius 3 is 2.79 bits per heavy atom. The quantitative estimate of drug-likeness (QED) is 0.821. The Kier molecular flexibility index (Phi) is 4.65. The molecule has 0 fully saturated rings. The number of benzene rings is 2. The van der Waals surface area contributed by atoms with Crippen molar-refractivity contribution in [1.82, 2.24) is 0 Å². The highest BCUT2D eigenvalue weighted by atomic mass is 16.5. The van der Waals surface area contributed by atoms with Crippen LogP contribution >= 0.6 is 0 Å². The number of fused-ring (bicyclic) bond motifs is 2. The van der Waals surface area contributed by atoms with Crippen LogP contribution in [0.2, 0.25) is 0 Å². The summed E-state index contributed by atoms with van der Waals surface area (Å²) in [7, 11) is 0. The number of aliphatic carboxylic acids is 1. The van der Waals surface area contributed by atoms with Crippen molar-refractivity contribution in [3.63, 3.8) is 0 Å². The summed E-state index contributed by atoms with van der Waals surface area (Å²) in [6.07, 6.45) is 2.11. The summed E-state index contributed by atoms with van der Waals surface area (Å²) >= 11 is 0. The van der Waals surface area contributed by atoms with Gasteiger partial charge in [0.2, 0.25) is 0 Å². The molecule has 3 rings (SSSR count). The number of carboxylic acid groups (broad SMARTS) is 1. The van der Waals surface area contributed by atoms with E-state index in [1.807, 2.05) is 24.3 Å². The standard InChI is InChI=1S/C18H16O6/c19-7-8-22-16-9-13(23-11-18(20)21)10-17-14(16)6-5-12-3-1-2-4-15(12)24-17/h1-4,7,9-10H,5-6,8,11H2,(H,20,21). The van der Waals surface area contributed by atoms with Crippen LogP contribution < -0.4 is 14.2 Å². The molecule has 1 aliphatic heterocycles. The smallest absolute Gasteiger partial charge is 0.341 e. The lowest BCUT2D eigenvalue weighted by atomic mass is 10.0. The van der Waals surface area contributed by atoms with Gasteiger partial charge in [-0.25, -0.2) is 4.79 Å². The average Bonchev–Trinajstić information content (AvgIpc) is 2.76. The summed E-state index contributed by atoms with van der Waals surface area (Å²) in [6.45, 7) is -0.565. The monoisotopic (exact) mass is 328 g/mol. The number of hydrogen-bond donors (Lipinski definition) is 1. The molecular formula is C18H16O6. The molecule has 1 heterocycles. The predicted molar refractivity (Wildman–Crippen MR) is 85.1 cm³/mol. The van der Waals surface area contributed by atoms with Crippen molar-refractivity contribution in [2.45, 2.75) is 12.8 Å². The highest BCUT2D eigenvalue weighted by Gasteiger charge is 2.20. The molecular weight excluding hydrogens is 312 g/mol. The molecule has 0 aliphatic carbocycles. The molecule has 2 aromatic carbocycles. The van der Waals surface area contributed by atoms with Crippen LogP contribution in [0.1, 0.15) is 11.1 Å². The van der Waals surface area contributed by atoms with E-state index in [4.69, 9.17) is 19.3 Å². The molecule has 0 bridgehead atoms. The lowest BCUT2D eigenvalue weighted by molar-refractivity contribution is -0.139. The number of carboxylic acids is 1. The highest BCUT2D eigenvalue weighted by molar-refractivity contribution is 5.68. The van der Waals surface area contributed by atoms with E-state index < -0.39 is 12.6 Å². The molecule has 0 spiro atoms. The van der Waals surface area contributed by atoms with Crippen LogP contribution in [0.3, 0.4) is 0 Å². The molecule has 0 amide bonds. The van der Waals surface area contributed by atoms with Crippen molar-refractivity contribution in [3.05, 3.63) is 47.5 Å². The van der Waals surface area contributed by atoms with Crippen LogP contribution in [0.25, 0.3) is 0 Å². The van der Waals surface area contributed by atoms with E-state index in [-0.39, 0.29) is 6.61 Å². The topological polar surface area (TPSA) is 82.1 Å². The first kappa shape index (κ1) is 15.9. The maximum atomic E-state index is 10.7. The largest absolute Gasteiger partial charge is 0.486 e. The minimum Gasteiger partial charge on any atom is -0.486 e. The Morgan fingerprint density at radius 2 is 2.00 bits per heavy atom. The zero-order valence-corrected chi connectivity index (χ0v) is 12.9. The molecule has 0 atom stereocenters. The maximum absolute atomic E-state index is 10.7. The molecule has 6 nitrogen and oxygen atoms in total. The van der Waals surface area contributed by atoms with Crippen molar-refractivity contribution in [2.24, 2.45) is 0 Å². The van der Waals surface area contributed by atoms with E-state index >= 15 is 0 Å². The average molecular weight is 328 g/mol. The van der Waals surface area contributed by atoms with Gasteiger partial charge in [-0.15, -0.1) is 0 Å². The number of rotatable bonds is 6. The fourth-order valence-corrected chi connectivity index (χ4v) is 2.60. The van der Waals surface area contributed by atoms with E-state index in [1.165, 1.54) is 0 Å². The Hall–Kier alpha value is -3.02. The molecule has 0 unspecified atom stereocenters. The fourth-order valence-electron chi connectivity index (χ4n) is 2.60. The normalized spacial score (nSPS) is 12.2. The van der Waals surface area contributed by atoms with E-state index in [9.17, 15) is 9.59 Å². The predicted octanol–water partition coefficient (Wildman–Crippen LogP) is 2.62. The van der Waals surface area contributed by atoms with Crippen LogP contribution in [0, 0.1) is 0 Å². The summed E-state index contributed by atoms with van der Waals surface area (Å²) in [5.41, 5.74) is 1.90. The van der Waals surface area contributed by atoms with Crippen LogP contribution in [0.15, 0.2) is 36.4 Å². The number of ether oxygens (including phenoxy) is 3. The number of aryl methyl sites for hydroxylation is 1. The van der Waals surface area contributed by atoms with Crippen molar-refractivity contribution in [3.8, 4) is 23.0 Å². The number of aldehydes is 1. The van der Waals surface area contributed by atoms with Crippen LogP contribution in [0.5, 0.6) is 23.0 Å². The van der Waals surface area contributed by atoms with Gasteiger partial charge in [0.1, 0.15) is 29.6 Å². The second kappa shape index (κ2) is 7.04. The number of para-hydroxylation sites is 1. The van der Waals surface area contributed by atoms with Gasteiger partial charge in [0.25, 0.3) is 0 Å². The van der Waals surface area contributed by atoms with Crippen LogP contribution in [0.4, 0.5) is 0 Å². The maximum Gasteiger partial charge on any atom is 0.341 e. The molecule has 0 aromatic heterocycles. The summed E-state index contributed by atoms with van der Waals surface area (Å²) in [6, 6.07) is 10.9. The molecule has 2 aromatic rings. The molecule has 124 valence electrons. The van der Waals surface area contributed by atoms with Gasteiger partial charge < -0.3 is 19.3 Å². The van der Waals surface area contributed by atoms with Crippen molar-refractivity contribution < 1.29 is 28.9 Å². The van der Waals surface area contributed by atoms with Crippen molar-refractivity contribution in [1.29, 1.82) is 0 Å². The molecule has 0 saturated carbocycles. The van der Waals surface area contributed by atoms with Gasteiger partial charge in [0.05, 0.1) is 0 Å². The highest BCUT2D eigenvalue weighted by Crippen LogP contribution is 2.41. The molecule has 0 saturated heterocycles. The Bertz CT molecular complexity index is 768. The Morgan fingerprint density at radius 1 is 1.17 bits per heavy atom. The lowest BCUT2D eigenvalue weighted by Gasteiger charge is -2.15. The molecule has 1 aliphatic rings. The first-order valence-corrected chi connectivity index (χ1v) is 7.51. The lowest BCUT2D eigenvalue weighted by Crippen LogP contribution is -2.10. The molecule has 1 N–H and O–H groups in total. The third-order valence-electron chi connectivity index (χ3n) is 3.65. The minimum absolute atomic E-state index is 0.0955. The number of carbonyl (C=O) groups is 2. The Balaban J connectivity index is 1.98. The first-order valence-electron chi connectivity index (χ1n) is 7.51. The molecule has 24 heavy (non-hydrogen) atoms. The fraction of sp³-hybridized carbons (Fsp3) is 0.222. The zero-order valence-electron chi connectivity index (χ0n) is 12.9. The van der Waals surface area contributed by atoms with Crippen molar-refractivity contribution >= 4 is 12.3 Å². The van der Waals surface area contributed by atoms with Crippen molar-refractivity contribution in [2.75, 3.05) is 13.2 Å². The van der Waals surface area contributed by atoms with Gasteiger partial charge >= 0.3 is 5.97 Å². The van der Waals surface area contributed by atoms with Gasteiger partial charge in [-0.1, -0.05) is 18.2 Å². The summed E-state index contributed by atoms with van der Waals surface area (Å²) in [4.78, 5) is 21.3. The third-order valence-corrected chi connectivity index (χ3v) is 3.65. The third kappa shape index (κ3) is 3.48. The van der Waals surface area contributed by atoms with E-state index in [0.717, 1.165) is 23.3 Å². The molecule has 0 radical (unpaired) electrons. The Labute approximate surface area is 138 Å². The van der Waals surface area contributed by atoms with Gasteiger partial charge in [0, 0.05) is 17.7 Å². The van der Waals surface area contributed by atoms with Gasteiger partial charge in [0.15, 0.2) is 12.9 Å². The van der Waals surface area contributed by atoms with Gasteiger partial charge in [-0.3, -0.25) is 4.79 Å². The SMILES string of the molecule is O=CCOc1cc(OCC(=O)O)cc2c1CCc1ccccc1O2. The zero-order chi connectivity index (χ0) is 16.9. The number of hydrogen-bond acceptors (Lipinski definition) is 5. The van der Waals surface area contributed by atoms with Crippen LogP contribution in [-0.4, -0.2) is 30.6 Å². The van der Waals surface area contributed by atoms with Crippen LogP contribution in [-0.2, 0) is 22.4 Å². The number of carbonyl (C=O) groups excluding carboxylic acids is 1. The second-order valence-corrected chi connectivity index (χ2v) is 5.27. The van der Waals surface area contributed by atoms with E-state index in [2.05, 4.69) is 0 Å². The first-order chi connectivity index (χ1) is 11.7. The molecule has 6 heteroatoms. The van der Waals surface area contributed by atoms with Gasteiger partial charge in [-0.2, -0.15) is 0 Å². The summed E-state index contributed by atoms with van der Waals surface area (Å²) in [5, 5.41) is 8.77. The minimum atomic E-state index is -1.08. The summed E-state index contributed by atoms with van der Waals surface area (Å²) in [5.74, 6) is 0.993. The van der Waals surface area contributed by atoms with Gasteiger partial charge in [-0.05, 0) is 24.5 Å². The summed E-state index contributed by atoms with van der Waals surface area (Å²) < 4.78 is 16.7. The van der Waals surface area contributed by atoms with E-state index in [1.54, 1.807) is 12.1 Å².